The summed E-state index contributed by atoms with van der Waals surface area (Å²) in [7, 11) is 0. The van der Waals surface area contributed by atoms with Crippen LogP contribution < -0.4 is 0 Å². The molecule has 1 heterocycles. The van der Waals surface area contributed by atoms with Crippen molar-refractivity contribution in [3.63, 3.8) is 0 Å². The van der Waals surface area contributed by atoms with Crippen molar-refractivity contribution in [2.45, 2.75) is 19.5 Å². The van der Waals surface area contributed by atoms with Crippen LogP contribution in [0.3, 0.4) is 0 Å². The van der Waals surface area contributed by atoms with Gasteiger partial charge in [0.2, 0.25) is 0 Å². The molecule has 0 aromatic heterocycles. The predicted molar refractivity (Wildman–Crippen MR) is 45.8 cm³/mol. The van der Waals surface area contributed by atoms with E-state index in [2.05, 4.69) is 0 Å². The molecule has 2 nitrogen and oxygen atoms in total. The SMILES string of the molecule is CC(=O)/C=C/CN1CC[C@@H](F)C1. The molecule has 1 aliphatic rings. The number of hydrogen-bond donors (Lipinski definition) is 0. The van der Waals surface area contributed by atoms with Gasteiger partial charge in [0.1, 0.15) is 6.17 Å². The average molecular weight is 171 g/mol. The van der Waals surface area contributed by atoms with Crippen molar-refractivity contribution in [1.29, 1.82) is 0 Å². The summed E-state index contributed by atoms with van der Waals surface area (Å²) >= 11 is 0. The van der Waals surface area contributed by atoms with Crippen LogP contribution in [-0.4, -0.2) is 36.5 Å². The van der Waals surface area contributed by atoms with Crippen LogP contribution in [0.4, 0.5) is 4.39 Å². The van der Waals surface area contributed by atoms with Gasteiger partial charge in [0.15, 0.2) is 5.78 Å². The number of hydrogen-bond acceptors (Lipinski definition) is 2. The van der Waals surface area contributed by atoms with Crippen LogP contribution in [0.5, 0.6) is 0 Å². The van der Waals surface area contributed by atoms with Crippen molar-refractivity contribution in [2.75, 3.05) is 19.6 Å². The van der Waals surface area contributed by atoms with Crippen LogP contribution in [0.1, 0.15) is 13.3 Å². The Bertz CT molecular complexity index is 191. The molecule has 0 bridgehead atoms. The molecule has 12 heavy (non-hydrogen) atoms. The van der Waals surface area contributed by atoms with Crippen LogP contribution in [0, 0.1) is 0 Å². The summed E-state index contributed by atoms with van der Waals surface area (Å²) in [6.07, 6.45) is 3.29. The van der Waals surface area contributed by atoms with Gasteiger partial charge in [-0.1, -0.05) is 6.08 Å². The Morgan fingerprint density at radius 2 is 2.50 bits per heavy atom. The molecular formula is C9H14FNO. The summed E-state index contributed by atoms with van der Waals surface area (Å²) in [4.78, 5) is 12.5. The molecule has 0 N–H and O–H groups in total. The summed E-state index contributed by atoms with van der Waals surface area (Å²) in [5.74, 6) is 0.0472. The van der Waals surface area contributed by atoms with Crippen LogP contribution in [0.2, 0.25) is 0 Å². The van der Waals surface area contributed by atoms with Crippen molar-refractivity contribution >= 4 is 5.78 Å². The van der Waals surface area contributed by atoms with Gasteiger partial charge in [-0.2, -0.15) is 0 Å². The van der Waals surface area contributed by atoms with E-state index in [1.54, 1.807) is 6.08 Å². The number of halogens is 1. The highest BCUT2D eigenvalue weighted by Crippen LogP contribution is 2.11. The Kier molecular flexibility index (Phi) is 3.41. The van der Waals surface area contributed by atoms with Gasteiger partial charge in [-0.05, 0) is 19.4 Å². The van der Waals surface area contributed by atoms with Gasteiger partial charge in [0.05, 0.1) is 0 Å². The van der Waals surface area contributed by atoms with Gasteiger partial charge in [-0.25, -0.2) is 4.39 Å². The molecule has 1 saturated heterocycles. The van der Waals surface area contributed by atoms with Crippen molar-refractivity contribution in [3.05, 3.63) is 12.2 Å². The zero-order valence-electron chi connectivity index (χ0n) is 7.29. The molecule has 3 heteroatoms. The lowest BCUT2D eigenvalue weighted by Crippen LogP contribution is -2.20. The molecule has 0 aromatic rings. The maximum atomic E-state index is 12.6. The Labute approximate surface area is 72.1 Å². The number of carbonyl (C=O) groups excluding carboxylic acids is 1. The summed E-state index contributed by atoms with van der Waals surface area (Å²) < 4.78 is 12.6. The number of ketones is 1. The van der Waals surface area contributed by atoms with Gasteiger partial charge >= 0.3 is 0 Å². The Morgan fingerprint density at radius 1 is 1.75 bits per heavy atom. The van der Waals surface area contributed by atoms with Gasteiger partial charge in [-0.15, -0.1) is 0 Å². The number of rotatable bonds is 3. The summed E-state index contributed by atoms with van der Waals surface area (Å²) in [6.45, 7) is 3.53. The van der Waals surface area contributed by atoms with Crippen LogP contribution >= 0.6 is 0 Å². The summed E-state index contributed by atoms with van der Waals surface area (Å²) in [5.41, 5.74) is 0. The fourth-order valence-electron chi connectivity index (χ4n) is 1.32. The lowest BCUT2D eigenvalue weighted by atomic mass is 10.3. The molecule has 0 saturated carbocycles. The third-order valence-corrected chi connectivity index (χ3v) is 1.93. The topological polar surface area (TPSA) is 20.3 Å². The number of allylic oxidation sites excluding steroid dienone is 1. The van der Waals surface area contributed by atoms with Crippen LogP contribution in [-0.2, 0) is 4.79 Å². The van der Waals surface area contributed by atoms with E-state index in [0.717, 1.165) is 6.54 Å². The molecule has 0 aromatic carbocycles. The molecule has 0 radical (unpaired) electrons. The van der Waals surface area contributed by atoms with Crippen molar-refractivity contribution in [1.82, 2.24) is 4.90 Å². The minimum atomic E-state index is -0.671. The number of nitrogens with zero attached hydrogens (tertiary/aromatic N) is 1. The third kappa shape index (κ3) is 3.13. The van der Waals surface area contributed by atoms with E-state index in [-0.39, 0.29) is 5.78 Å². The number of carbonyl (C=O) groups is 1. The highest BCUT2D eigenvalue weighted by Gasteiger charge is 2.19. The molecule has 0 spiro atoms. The lowest BCUT2D eigenvalue weighted by Gasteiger charge is -2.10. The standard InChI is InChI=1S/C9H14FNO/c1-8(12)3-2-5-11-6-4-9(10)7-11/h2-3,9H,4-7H2,1H3/b3-2+/t9-/m1/s1. The van der Waals surface area contributed by atoms with E-state index in [4.69, 9.17) is 0 Å². The third-order valence-electron chi connectivity index (χ3n) is 1.93. The van der Waals surface area contributed by atoms with E-state index < -0.39 is 6.17 Å². The monoisotopic (exact) mass is 171 g/mol. The second-order valence-corrected chi connectivity index (χ2v) is 3.16. The first kappa shape index (κ1) is 9.39. The van der Waals surface area contributed by atoms with Gasteiger partial charge in [-0.3, -0.25) is 9.69 Å². The Balaban J connectivity index is 2.20. The summed E-state index contributed by atoms with van der Waals surface area (Å²) in [5, 5.41) is 0. The molecule has 0 aliphatic carbocycles. The molecule has 1 aliphatic heterocycles. The second-order valence-electron chi connectivity index (χ2n) is 3.16. The van der Waals surface area contributed by atoms with Crippen LogP contribution in [0.25, 0.3) is 0 Å². The quantitative estimate of drug-likeness (QED) is 0.594. The minimum absolute atomic E-state index is 0.0472. The smallest absolute Gasteiger partial charge is 0.152 e. The van der Waals surface area contributed by atoms with E-state index in [9.17, 15) is 9.18 Å². The van der Waals surface area contributed by atoms with E-state index in [0.29, 0.717) is 19.5 Å². The number of alkyl halides is 1. The average Bonchev–Trinajstić information content (AvgIpc) is 2.35. The normalized spacial score (nSPS) is 25.3. The maximum Gasteiger partial charge on any atom is 0.152 e. The molecule has 1 rings (SSSR count). The fourth-order valence-corrected chi connectivity index (χ4v) is 1.32. The van der Waals surface area contributed by atoms with Crippen molar-refractivity contribution in [3.8, 4) is 0 Å². The second kappa shape index (κ2) is 4.36. The Morgan fingerprint density at radius 3 is 3.00 bits per heavy atom. The molecule has 68 valence electrons. The first-order valence-corrected chi connectivity index (χ1v) is 4.22. The largest absolute Gasteiger partial charge is 0.297 e. The van der Waals surface area contributed by atoms with Crippen molar-refractivity contribution in [2.24, 2.45) is 0 Å². The summed E-state index contributed by atoms with van der Waals surface area (Å²) in [6, 6.07) is 0. The van der Waals surface area contributed by atoms with Gasteiger partial charge in [0.25, 0.3) is 0 Å². The first-order chi connectivity index (χ1) is 5.68. The first-order valence-electron chi connectivity index (χ1n) is 4.22. The molecular weight excluding hydrogens is 157 g/mol. The van der Waals surface area contributed by atoms with E-state index in [1.165, 1.54) is 13.0 Å². The fraction of sp³-hybridized carbons (Fsp3) is 0.667. The molecule has 0 amide bonds. The minimum Gasteiger partial charge on any atom is -0.297 e. The lowest BCUT2D eigenvalue weighted by molar-refractivity contribution is -0.112. The molecule has 0 unspecified atom stereocenters. The van der Waals surface area contributed by atoms with Gasteiger partial charge < -0.3 is 0 Å². The zero-order chi connectivity index (χ0) is 8.97. The maximum absolute atomic E-state index is 12.6. The van der Waals surface area contributed by atoms with Crippen LogP contribution in [0.15, 0.2) is 12.2 Å². The van der Waals surface area contributed by atoms with Crippen molar-refractivity contribution < 1.29 is 9.18 Å². The Hall–Kier alpha value is -0.700. The zero-order valence-corrected chi connectivity index (χ0v) is 7.29. The molecule has 1 fully saturated rings. The number of likely N-dealkylation sites (tertiary alicyclic amines) is 1. The highest BCUT2D eigenvalue weighted by molar-refractivity contribution is 5.87. The highest BCUT2D eigenvalue weighted by atomic mass is 19.1. The van der Waals surface area contributed by atoms with E-state index in [1.807, 2.05) is 4.90 Å². The molecule has 1 atom stereocenters. The van der Waals surface area contributed by atoms with E-state index >= 15 is 0 Å². The predicted octanol–water partition coefficient (Wildman–Crippen LogP) is 1.18. The van der Waals surface area contributed by atoms with Gasteiger partial charge in [0, 0.05) is 19.6 Å².